The molecule has 0 heterocycles. The lowest BCUT2D eigenvalue weighted by Gasteiger charge is -2.29. The Kier molecular flexibility index (Phi) is 6.94. The Hall–Kier alpha value is -6.18. The predicted molar refractivity (Wildman–Crippen MR) is 225 cm³/mol. The molecule has 0 spiro atoms. The van der Waals surface area contributed by atoms with Crippen LogP contribution in [0.2, 0.25) is 0 Å². The number of rotatable bonds is 5. The van der Waals surface area contributed by atoms with Crippen LogP contribution in [-0.2, 0) is 10.8 Å². The van der Waals surface area contributed by atoms with Gasteiger partial charge in [0, 0.05) is 27.9 Å². The van der Waals surface area contributed by atoms with Crippen molar-refractivity contribution in [3.63, 3.8) is 0 Å². The maximum Gasteiger partial charge on any atom is 0.0468 e. The zero-order valence-electron chi connectivity index (χ0n) is 30.7. The third-order valence-electron chi connectivity index (χ3n) is 12.0. The van der Waals surface area contributed by atoms with E-state index in [0.29, 0.717) is 0 Å². The summed E-state index contributed by atoms with van der Waals surface area (Å²) in [4.78, 5) is 2.45. The van der Waals surface area contributed by atoms with Crippen LogP contribution in [0.3, 0.4) is 0 Å². The van der Waals surface area contributed by atoms with E-state index in [1.165, 1.54) is 77.5 Å². The van der Waals surface area contributed by atoms with Gasteiger partial charge in [0.2, 0.25) is 0 Å². The lowest BCUT2D eigenvalue weighted by molar-refractivity contribution is 0.660. The Bertz CT molecular complexity index is 2700. The zero-order chi connectivity index (χ0) is 35.9. The summed E-state index contributed by atoms with van der Waals surface area (Å²) >= 11 is 0. The maximum atomic E-state index is 2.46. The third kappa shape index (κ3) is 4.77. The van der Waals surface area contributed by atoms with Crippen LogP contribution in [0.4, 0.5) is 17.1 Å². The first-order valence-electron chi connectivity index (χ1n) is 18.8. The molecule has 2 aliphatic rings. The van der Waals surface area contributed by atoms with Gasteiger partial charge in [-0.15, -0.1) is 0 Å². The number of hydrogen-bond acceptors (Lipinski definition) is 1. The van der Waals surface area contributed by atoms with Crippen molar-refractivity contribution in [1.82, 2.24) is 0 Å². The van der Waals surface area contributed by atoms with Gasteiger partial charge in [0.1, 0.15) is 0 Å². The molecule has 0 unspecified atom stereocenters. The van der Waals surface area contributed by atoms with Crippen molar-refractivity contribution in [3.05, 3.63) is 198 Å². The minimum Gasteiger partial charge on any atom is -0.310 e. The van der Waals surface area contributed by atoms with Crippen LogP contribution in [0.1, 0.15) is 49.9 Å². The third-order valence-corrected chi connectivity index (χ3v) is 12.0. The first kappa shape index (κ1) is 31.5. The molecule has 0 bridgehead atoms. The summed E-state index contributed by atoms with van der Waals surface area (Å²) in [7, 11) is 0. The number of hydrogen-bond donors (Lipinski definition) is 0. The van der Waals surface area contributed by atoms with Crippen LogP contribution < -0.4 is 4.90 Å². The SMILES string of the molecule is CC1(C)c2ccccc2-c2ccc(N(c3ccc(-c4ccccc4)cc3)c3ccc4c5c(cc(-c6ccccc6)c4c3)-c3ccccc3C5(C)C)cc21. The van der Waals surface area contributed by atoms with E-state index in [0.717, 1.165) is 17.1 Å². The summed E-state index contributed by atoms with van der Waals surface area (Å²) in [6, 6.07) is 65.2. The molecule has 8 aromatic rings. The standard InChI is InChI=1S/C52H41N/c1-51(2)47-21-13-11-19-40(47)42-29-27-39(32-49(42)51)53(37-25-23-35(24-26-37)34-15-7-5-8-16-34)38-28-30-43-45(31-38)44(36-17-9-6-10-18-36)33-46-41-20-12-14-22-48(41)52(3,4)50(43)46/h5-33H,1-4H3. The second kappa shape index (κ2) is 11.7. The summed E-state index contributed by atoms with van der Waals surface area (Å²) in [6.45, 7) is 9.50. The number of nitrogens with zero attached hydrogens (tertiary/aromatic N) is 1. The highest BCUT2D eigenvalue weighted by atomic mass is 15.1. The molecule has 254 valence electrons. The highest BCUT2D eigenvalue weighted by Crippen LogP contribution is 2.55. The summed E-state index contributed by atoms with van der Waals surface area (Å²) in [5.74, 6) is 0. The largest absolute Gasteiger partial charge is 0.310 e. The molecule has 0 saturated carbocycles. The normalized spacial score (nSPS) is 14.3. The Balaban J connectivity index is 1.21. The zero-order valence-corrected chi connectivity index (χ0v) is 30.7. The van der Waals surface area contributed by atoms with Gasteiger partial charge in [-0.2, -0.15) is 0 Å². The van der Waals surface area contributed by atoms with E-state index in [1.807, 2.05) is 0 Å². The van der Waals surface area contributed by atoms with Gasteiger partial charge in [0.15, 0.2) is 0 Å². The van der Waals surface area contributed by atoms with Crippen molar-refractivity contribution in [1.29, 1.82) is 0 Å². The van der Waals surface area contributed by atoms with Gasteiger partial charge in [-0.05, 0) is 120 Å². The molecule has 0 saturated heterocycles. The lowest BCUT2D eigenvalue weighted by atomic mass is 9.79. The van der Waals surface area contributed by atoms with Crippen LogP contribution in [0.5, 0.6) is 0 Å². The minimum absolute atomic E-state index is 0.101. The van der Waals surface area contributed by atoms with Gasteiger partial charge in [-0.25, -0.2) is 0 Å². The van der Waals surface area contributed by atoms with Crippen molar-refractivity contribution < 1.29 is 0 Å². The first-order chi connectivity index (χ1) is 25.8. The van der Waals surface area contributed by atoms with E-state index < -0.39 is 0 Å². The topological polar surface area (TPSA) is 3.24 Å². The van der Waals surface area contributed by atoms with E-state index >= 15 is 0 Å². The summed E-state index contributed by atoms with van der Waals surface area (Å²) in [6.07, 6.45) is 0. The molecule has 0 aromatic heterocycles. The number of benzene rings is 8. The van der Waals surface area contributed by atoms with E-state index in [2.05, 4.69) is 209 Å². The fourth-order valence-electron chi connectivity index (χ4n) is 9.40. The molecule has 0 N–H and O–H groups in total. The second-order valence-corrected chi connectivity index (χ2v) is 15.8. The predicted octanol–water partition coefficient (Wildman–Crippen LogP) is 14.3. The molecule has 0 atom stereocenters. The summed E-state index contributed by atoms with van der Waals surface area (Å²) < 4.78 is 0. The average molecular weight is 680 g/mol. The second-order valence-electron chi connectivity index (χ2n) is 15.8. The fourth-order valence-corrected chi connectivity index (χ4v) is 9.40. The van der Waals surface area contributed by atoms with Gasteiger partial charge in [-0.3, -0.25) is 0 Å². The van der Waals surface area contributed by atoms with Crippen molar-refractivity contribution in [2.75, 3.05) is 4.90 Å². The van der Waals surface area contributed by atoms with Gasteiger partial charge < -0.3 is 4.90 Å². The molecule has 10 rings (SSSR count). The molecule has 8 aromatic carbocycles. The van der Waals surface area contributed by atoms with Crippen LogP contribution in [0.25, 0.3) is 55.3 Å². The number of anilines is 3. The van der Waals surface area contributed by atoms with E-state index in [1.54, 1.807) is 0 Å². The average Bonchev–Trinajstić information content (AvgIpc) is 3.58. The van der Waals surface area contributed by atoms with E-state index in [9.17, 15) is 0 Å². The Morgan fingerprint density at radius 2 is 0.830 bits per heavy atom. The molecule has 0 fully saturated rings. The van der Waals surface area contributed by atoms with Gasteiger partial charge in [-0.1, -0.05) is 161 Å². The van der Waals surface area contributed by atoms with Crippen LogP contribution >= 0.6 is 0 Å². The maximum absolute atomic E-state index is 2.46. The van der Waals surface area contributed by atoms with Crippen molar-refractivity contribution in [2.45, 2.75) is 38.5 Å². The van der Waals surface area contributed by atoms with Gasteiger partial charge in [0.25, 0.3) is 0 Å². The van der Waals surface area contributed by atoms with Crippen LogP contribution in [0.15, 0.2) is 176 Å². The van der Waals surface area contributed by atoms with Gasteiger partial charge in [0.05, 0.1) is 0 Å². The van der Waals surface area contributed by atoms with Crippen molar-refractivity contribution >= 4 is 27.8 Å². The van der Waals surface area contributed by atoms with E-state index in [-0.39, 0.29) is 10.8 Å². The van der Waals surface area contributed by atoms with Crippen molar-refractivity contribution in [3.8, 4) is 44.5 Å². The lowest BCUT2D eigenvalue weighted by Crippen LogP contribution is -2.17. The Morgan fingerprint density at radius 3 is 1.53 bits per heavy atom. The smallest absolute Gasteiger partial charge is 0.0468 e. The molecule has 0 amide bonds. The Morgan fingerprint density at radius 1 is 0.321 bits per heavy atom. The molecule has 1 nitrogen and oxygen atoms in total. The number of fused-ring (bicyclic) bond motifs is 8. The van der Waals surface area contributed by atoms with Crippen LogP contribution in [-0.4, -0.2) is 0 Å². The summed E-state index contributed by atoms with van der Waals surface area (Å²) in [5, 5.41) is 2.59. The molecular weight excluding hydrogens is 639 g/mol. The van der Waals surface area contributed by atoms with E-state index in [4.69, 9.17) is 0 Å². The highest BCUT2D eigenvalue weighted by molar-refractivity contribution is 6.07. The molecule has 1 heteroatoms. The quantitative estimate of drug-likeness (QED) is 0.175. The van der Waals surface area contributed by atoms with Crippen molar-refractivity contribution in [2.24, 2.45) is 0 Å². The minimum atomic E-state index is -0.117. The molecule has 53 heavy (non-hydrogen) atoms. The monoisotopic (exact) mass is 679 g/mol. The molecule has 0 aliphatic heterocycles. The Labute approximate surface area is 312 Å². The van der Waals surface area contributed by atoms with Crippen LogP contribution in [0, 0.1) is 0 Å². The summed E-state index contributed by atoms with van der Waals surface area (Å²) in [5.41, 5.74) is 19.1. The molecule has 2 aliphatic carbocycles. The fraction of sp³-hybridized carbons (Fsp3) is 0.115. The molecule has 0 radical (unpaired) electrons. The highest BCUT2D eigenvalue weighted by Gasteiger charge is 2.38. The van der Waals surface area contributed by atoms with Gasteiger partial charge >= 0.3 is 0 Å². The first-order valence-corrected chi connectivity index (χ1v) is 18.8. The molecular formula is C52H41N.